The SMILES string of the molecule is O=C(Nc1ccc(Cl)cc1)c1cc([N+](=O)[O-])cnc1Cl. The Hall–Kier alpha value is -2.18. The molecule has 0 fully saturated rings. The van der Waals surface area contributed by atoms with Gasteiger partial charge >= 0.3 is 0 Å². The van der Waals surface area contributed by atoms with E-state index in [1.807, 2.05) is 0 Å². The molecular weight excluding hydrogens is 305 g/mol. The fraction of sp³-hybridized carbons (Fsp3) is 0. The largest absolute Gasteiger partial charge is 0.322 e. The molecule has 1 amide bonds. The van der Waals surface area contributed by atoms with Gasteiger partial charge in [0.15, 0.2) is 0 Å². The van der Waals surface area contributed by atoms with E-state index >= 15 is 0 Å². The van der Waals surface area contributed by atoms with Gasteiger partial charge < -0.3 is 5.32 Å². The summed E-state index contributed by atoms with van der Waals surface area (Å²) in [7, 11) is 0. The van der Waals surface area contributed by atoms with Crippen LogP contribution in [0, 0.1) is 10.1 Å². The molecule has 0 radical (unpaired) electrons. The van der Waals surface area contributed by atoms with Crippen molar-refractivity contribution >= 4 is 40.5 Å². The predicted molar refractivity (Wildman–Crippen MR) is 75.3 cm³/mol. The second-order valence-corrected chi connectivity index (χ2v) is 4.54. The second-order valence-electron chi connectivity index (χ2n) is 3.75. The van der Waals surface area contributed by atoms with Gasteiger partial charge in [0, 0.05) is 16.8 Å². The fourth-order valence-electron chi connectivity index (χ4n) is 1.43. The minimum Gasteiger partial charge on any atom is -0.322 e. The minimum absolute atomic E-state index is 0.0733. The van der Waals surface area contributed by atoms with Crippen molar-refractivity contribution < 1.29 is 9.72 Å². The predicted octanol–water partition coefficient (Wildman–Crippen LogP) is 3.55. The molecule has 0 aliphatic heterocycles. The van der Waals surface area contributed by atoms with Crippen molar-refractivity contribution in [1.29, 1.82) is 0 Å². The van der Waals surface area contributed by atoms with Crippen LogP contribution in [-0.4, -0.2) is 15.8 Å². The fourth-order valence-corrected chi connectivity index (χ4v) is 1.74. The van der Waals surface area contributed by atoms with Gasteiger partial charge in [-0.3, -0.25) is 14.9 Å². The van der Waals surface area contributed by atoms with Gasteiger partial charge in [0.2, 0.25) is 0 Å². The Labute approximate surface area is 123 Å². The molecule has 1 heterocycles. The van der Waals surface area contributed by atoms with Crippen LogP contribution < -0.4 is 5.32 Å². The highest BCUT2D eigenvalue weighted by Crippen LogP contribution is 2.21. The number of nitrogens with one attached hydrogen (secondary N) is 1. The van der Waals surface area contributed by atoms with Crippen LogP contribution in [0.15, 0.2) is 36.5 Å². The van der Waals surface area contributed by atoms with Crippen LogP contribution in [0.3, 0.4) is 0 Å². The Kier molecular flexibility index (Phi) is 4.16. The molecule has 0 saturated heterocycles. The summed E-state index contributed by atoms with van der Waals surface area (Å²) in [6.45, 7) is 0. The van der Waals surface area contributed by atoms with Crippen LogP contribution >= 0.6 is 23.2 Å². The molecule has 0 unspecified atom stereocenters. The van der Waals surface area contributed by atoms with Crippen LogP contribution in [0.4, 0.5) is 11.4 Å². The maximum atomic E-state index is 12.0. The highest BCUT2D eigenvalue weighted by atomic mass is 35.5. The molecule has 2 aromatic rings. The van der Waals surface area contributed by atoms with E-state index in [0.717, 1.165) is 12.3 Å². The summed E-state index contributed by atoms with van der Waals surface area (Å²) in [5, 5.41) is 13.6. The lowest BCUT2D eigenvalue weighted by Gasteiger charge is -2.06. The third-order valence-corrected chi connectivity index (χ3v) is 2.94. The van der Waals surface area contributed by atoms with Crippen LogP contribution in [0.1, 0.15) is 10.4 Å². The van der Waals surface area contributed by atoms with E-state index in [0.29, 0.717) is 10.7 Å². The van der Waals surface area contributed by atoms with Crippen molar-refractivity contribution in [2.75, 3.05) is 5.32 Å². The Morgan fingerprint density at radius 2 is 1.90 bits per heavy atom. The van der Waals surface area contributed by atoms with E-state index in [-0.39, 0.29) is 16.4 Å². The Morgan fingerprint density at radius 1 is 1.25 bits per heavy atom. The van der Waals surface area contributed by atoms with Gasteiger partial charge in [0.1, 0.15) is 11.3 Å². The molecule has 0 atom stereocenters. The molecule has 0 aliphatic rings. The third-order valence-electron chi connectivity index (χ3n) is 2.38. The van der Waals surface area contributed by atoms with Gasteiger partial charge in [0.25, 0.3) is 11.6 Å². The molecule has 0 spiro atoms. The second kappa shape index (κ2) is 5.85. The van der Waals surface area contributed by atoms with Crippen LogP contribution in [0.2, 0.25) is 10.2 Å². The van der Waals surface area contributed by atoms with E-state index in [2.05, 4.69) is 10.3 Å². The van der Waals surface area contributed by atoms with Crippen LogP contribution in [-0.2, 0) is 0 Å². The molecule has 20 heavy (non-hydrogen) atoms. The summed E-state index contributed by atoms with van der Waals surface area (Å²) >= 11 is 11.5. The number of hydrogen-bond donors (Lipinski definition) is 1. The lowest BCUT2D eigenvalue weighted by molar-refractivity contribution is -0.385. The molecule has 1 aromatic heterocycles. The van der Waals surface area contributed by atoms with Crippen molar-refractivity contribution in [3.8, 4) is 0 Å². The number of rotatable bonds is 3. The monoisotopic (exact) mass is 311 g/mol. The van der Waals surface area contributed by atoms with E-state index < -0.39 is 10.8 Å². The number of pyridine rings is 1. The summed E-state index contributed by atoms with van der Waals surface area (Å²) in [6.07, 6.45) is 0.988. The third kappa shape index (κ3) is 3.23. The normalized spacial score (nSPS) is 10.1. The zero-order chi connectivity index (χ0) is 14.7. The van der Waals surface area contributed by atoms with Gasteiger partial charge in [-0.05, 0) is 24.3 Å². The van der Waals surface area contributed by atoms with E-state index in [4.69, 9.17) is 23.2 Å². The maximum Gasteiger partial charge on any atom is 0.288 e. The average Bonchev–Trinajstić information content (AvgIpc) is 2.41. The smallest absolute Gasteiger partial charge is 0.288 e. The van der Waals surface area contributed by atoms with Gasteiger partial charge in [0.05, 0.1) is 10.5 Å². The lowest BCUT2D eigenvalue weighted by atomic mass is 10.2. The van der Waals surface area contributed by atoms with Crippen molar-refractivity contribution in [2.45, 2.75) is 0 Å². The van der Waals surface area contributed by atoms with E-state index in [1.165, 1.54) is 0 Å². The van der Waals surface area contributed by atoms with Gasteiger partial charge in [-0.1, -0.05) is 23.2 Å². The Bertz CT molecular complexity index is 674. The number of aromatic nitrogens is 1. The number of benzene rings is 1. The number of halogens is 2. The summed E-state index contributed by atoms with van der Waals surface area (Å²) in [6, 6.07) is 7.47. The number of nitro groups is 1. The summed E-state index contributed by atoms with van der Waals surface area (Å²) in [4.78, 5) is 25.6. The first kappa shape index (κ1) is 14.2. The number of anilines is 1. The first-order chi connectivity index (χ1) is 9.47. The highest BCUT2D eigenvalue weighted by Gasteiger charge is 2.17. The van der Waals surface area contributed by atoms with Crippen molar-refractivity contribution in [2.24, 2.45) is 0 Å². The number of amides is 1. The standard InChI is InChI=1S/C12H7Cl2N3O3/c13-7-1-3-8(4-2-7)16-12(18)10-5-9(17(19)20)6-15-11(10)14/h1-6H,(H,16,18). The zero-order valence-electron chi connectivity index (χ0n) is 9.84. The number of hydrogen-bond acceptors (Lipinski definition) is 4. The lowest BCUT2D eigenvalue weighted by Crippen LogP contribution is -2.13. The molecular formula is C12H7Cl2N3O3. The number of nitrogens with zero attached hydrogens (tertiary/aromatic N) is 2. The van der Waals surface area contributed by atoms with Crippen molar-refractivity contribution in [3.63, 3.8) is 0 Å². The maximum absolute atomic E-state index is 12.0. The highest BCUT2D eigenvalue weighted by molar-refractivity contribution is 6.33. The van der Waals surface area contributed by atoms with Gasteiger partial charge in [-0.25, -0.2) is 4.98 Å². The van der Waals surface area contributed by atoms with Crippen LogP contribution in [0.5, 0.6) is 0 Å². The first-order valence-electron chi connectivity index (χ1n) is 5.34. The molecule has 1 N–H and O–H groups in total. The summed E-state index contributed by atoms with van der Waals surface area (Å²) in [5.41, 5.74) is 0.105. The van der Waals surface area contributed by atoms with Gasteiger partial charge in [-0.2, -0.15) is 0 Å². The van der Waals surface area contributed by atoms with Crippen molar-refractivity contribution in [3.05, 3.63) is 62.4 Å². The van der Waals surface area contributed by atoms with Gasteiger partial charge in [-0.15, -0.1) is 0 Å². The number of carbonyl (C=O) groups is 1. The molecule has 8 heteroatoms. The summed E-state index contributed by atoms with van der Waals surface area (Å²) in [5.74, 6) is -0.589. The quantitative estimate of drug-likeness (QED) is 0.533. The molecule has 2 rings (SSSR count). The zero-order valence-corrected chi connectivity index (χ0v) is 11.4. The number of carbonyl (C=O) groups excluding carboxylic acids is 1. The summed E-state index contributed by atoms with van der Waals surface area (Å²) < 4.78 is 0. The molecule has 6 nitrogen and oxygen atoms in total. The first-order valence-corrected chi connectivity index (χ1v) is 6.10. The Morgan fingerprint density at radius 3 is 2.50 bits per heavy atom. The molecule has 1 aromatic carbocycles. The molecule has 0 aliphatic carbocycles. The molecule has 102 valence electrons. The average molecular weight is 312 g/mol. The van der Waals surface area contributed by atoms with Crippen LogP contribution in [0.25, 0.3) is 0 Å². The Balaban J connectivity index is 2.26. The minimum atomic E-state index is -0.650. The van der Waals surface area contributed by atoms with E-state index in [9.17, 15) is 14.9 Å². The topological polar surface area (TPSA) is 85.1 Å². The molecule has 0 bridgehead atoms. The molecule has 0 saturated carbocycles. The van der Waals surface area contributed by atoms with E-state index in [1.54, 1.807) is 24.3 Å². The van der Waals surface area contributed by atoms with Crippen molar-refractivity contribution in [1.82, 2.24) is 4.98 Å².